The quantitative estimate of drug-likeness (QED) is 0.501. The molecule has 1 aliphatic carbocycles. The number of aromatic nitrogens is 2. The van der Waals surface area contributed by atoms with E-state index in [0.717, 1.165) is 42.6 Å². The number of carbonyl (C=O) groups is 1. The first-order valence-corrected chi connectivity index (χ1v) is 14.6. The number of hydrogen-bond acceptors (Lipinski definition) is 8. The molecule has 2 heterocycles. The zero-order valence-electron chi connectivity index (χ0n) is 21.7. The van der Waals surface area contributed by atoms with E-state index in [4.69, 9.17) is 11.6 Å². The summed E-state index contributed by atoms with van der Waals surface area (Å²) in [5.41, 5.74) is 2.89. The fourth-order valence-corrected chi connectivity index (χ4v) is 5.78. The zero-order chi connectivity index (χ0) is 26.7. The summed E-state index contributed by atoms with van der Waals surface area (Å²) in [6.45, 7) is 1.88. The largest absolute Gasteiger partial charge is 0.372 e. The Balaban J connectivity index is 1.51. The van der Waals surface area contributed by atoms with Gasteiger partial charge in [-0.05, 0) is 30.5 Å². The van der Waals surface area contributed by atoms with Gasteiger partial charge in [-0.3, -0.25) is 0 Å². The number of urea groups is 1. The highest BCUT2D eigenvalue weighted by atomic mass is 35.5. The van der Waals surface area contributed by atoms with Crippen molar-refractivity contribution in [1.82, 2.24) is 24.5 Å². The van der Waals surface area contributed by atoms with Crippen molar-refractivity contribution in [2.45, 2.75) is 44.3 Å². The second kappa shape index (κ2) is 11.3. The second-order valence-electron chi connectivity index (χ2n) is 9.91. The molecule has 1 aromatic heterocycles. The molecule has 0 spiro atoms. The number of nitrogens with one attached hydrogen (secondary N) is 3. The Labute approximate surface area is 223 Å². The van der Waals surface area contributed by atoms with Crippen LogP contribution in [0.4, 0.5) is 27.9 Å². The van der Waals surface area contributed by atoms with Crippen LogP contribution in [0.3, 0.4) is 0 Å². The predicted molar refractivity (Wildman–Crippen MR) is 147 cm³/mol. The molecule has 3 N–H and O–H groups in total. The maximum atomic E-state index is 12.5. The number of sulfonamides is 1. The fraction of sp³-hybridized carbons (Fsp3) is 0.542. The molecule has 2 atom stereocenters. The molecule has 1 saturated carbocycles. The molecule has 13 heteroatoms. The number of anilines is 4. The molecule has 11 nitrogen and oxygen atoms in total. The smallest absolute Gasteiger partial charge is 0.319 e. The van der Waals surface area contributed by atoms with Gasteiger partial charge in [0.15, 0.2) is 5.82 Å². The summed E-state index contributed by atoms with van der Waals surface area (Å²) >= 11 is 6.40. The average Bonchev–Trinajstić information content (AvgIpc) is 3.00. The van der Waals surface area contributed by atoms with Crippen molar-refractivity contribution in [2.24, 2.45) is 0 Å². The number of amides is 2. The van der Waals surface area contributed by atoms with E-state index in [0.29, 0.717) is 36.4 Å². The van der Waals surface area contributed by atoms with Gasteiger partial charge in [-0.25, -0.2) is 22.9 Å². The van der Waals surface area contributed by atoms with Crippen molar-refractivity contribution in [3.63, 3.8) is 0 Å². The third-order valence-corrected chi connectivity index (χ3v) is 7.68. The molecular weight excluding hydrogens is 516 g/mol. The summed E-state index contributed by atoms with van der Waals surface area (Å²) in [6.07, 6.45) is 6.21. The Bertz CT molecular complexity index is 1240. The van der Waals surface area contributed by atoms with Gasteiger partial charge in [0.05, 0.1) is 12.5 Å². The van der Waals surface area contributed by atoms with E-state index >= 15 is 0 Å². The van der Waals surface area contributed by atoms with Gasteiger partial charge in [-0.2, -0.15) is 4.98 Å². The molecule has 37 heavy (non-hydrogen) atoms. The number of nitrogens with zero attached hydrogens (tertiary/aromatic N) is 5. The van der Waals surface area contributed by atoms with E-state index in [2.05, 4.69) is 30.2 Å². The minimum absolute atomic E-state index is 0.00927. The van der Waals surface area contributed by atoms with Crippen LogP contribution in [0, 0.1) is 0 Å². The highest BCUT2D eigenvalue weighted by Crippen LogP contribution is 2.30. The van der Waals surface area contributed by atoms with Crippen molar-refractivity contribution in [2.75, 3.05) is 56.0 Å². The number of rotatable bonds is 6. The van der Waals surface area contributed by atoms with Gasteiger partial charge in [-0.1, -0.05) is 30.5 Å². The summed E-state index contributed by atoms with van der Waals surface area (Å²) in [5, 5.41) is 6.95. The van der Waals surface area contributed by atoms with Gasteiger partial charge in [0.25, 0.3) is 0 Å². The Morgan fingerprint density at radius 3 is 2.59 bits per heavy atom. The molecule has 1 fully saturated rings. The number of carbonyl (C=O) groups excluding carboxylic acids is 1. The number of hydrogen-bond donors (Lipinski definition) is 3. The van der Waals surface area contributed by atoms with Crippen molar-refractivity contribution in [3.8, 4) is 0 Å². The summed E-state index contributed by atoms with van der Waals surface area (Å²) in [6, 6.07) is 5.60. The van der Waals surface area contributed by atoms with E-state index < -0.39 is 10.0 Å². The van der Waals surface area contributed by atoms with Crippen LogP contribution in [0.2, 0.25) is 5.02 Å². The monoisotopic (exact) mass is 550 g/mol. The standard InChI is InChI=1S/C24H35ClN8O3S/c1-31(2)24(34)33-12-11-32(3)21-13-17(10-9-16(21)15-33)27-23-26-14-18(25)22(29-23)28-19-7-5-6-8-20(19)30-37(4,35)36/h9-10,13-14,19-20,30H,5-8,11-12,15H2,1-4H3,(H2,26,27,28,29)/t19-,20-/m1/s1. The molecule has 0 bridgehead atoms. The molecule has 0 saturated heterocycles. The second-order valence-corrected chi connectivity index (χ2v) is 12.1. The number of halogens is 1. The Morgan fingerprint density at radius 1 is 1.16 bits per heavy atom. The van der Waals surface area contributed by atoms with E-state index in [1.165, 1.54) is 12.5 Å². The van der Waals surface area contributed by atoms with Gasteiger partial charge < -0.3 is 25.3 Å². The molecule has 0 radical (unpaired) electrons. The van der Waals surface area contributed by atoms with Crippen LogP contribution in [0.1, 0.15) is 31.2 Å². The van der Waals surface area contributed by atoms with Crippen LogP contribution in [0.5, 0.6) is 0 Å². The van der Waals surface area contributed by atoms with Crippen LogP contribution < -0.4 is 20.3 Å². The fourth-order valence-electron chi connectivity index (χ4n) is 4.81. The Hall–Kier alpha value is -2.83. The average molecular weight is 551 g/mol. The van der Waals surface area contributed by atoms with Crippen LogP contribution in [0.25, 0.3) is 0 Å². The summed E-state index contributed by atoms with van der Waals surface area (Å²) in [4.78, 5) is 27.0. The normalized spacial score (nSPS) is 20.1. The third-order valence-electron chi connectivity index (χ3n) is 6.67. The Morgan fingerprint density at radius 2 is 1.89 bits per heavy atom. The summed E-state index contributed by atoms with van der Waals surface area (Å²) < 4.78 is 26.4. The lowest BCUT2D eigenvalue weighted by atomic mass is 9.91. The highest BCUT2D eigenvalue weighted by molar-refractivity contribution is 7.88. The molecular formula is C24H35ClN8O3S. The van der Waals surface area contributed by atoms with E-state index in [-0.39, 0.29) is 18.1 Å². The van der Waals surface area contributed by atoms with Gasteiger partial charge in [0, 0.05) is 64.2 Å². The molecule has 1 aliphatic heterocycles. The molecule has 2 amide bonds. The van der Waals surface area contributed by atoms with Gasteiger partial charge in [-0.15, -0.1) is 0 Å². The third kappa shape index (κ3) is 6.93. The van der Waals surface area contributed by atoms with Gasteiger partial charge in [0.1, 0.15) is 5.02 Å². The van der Waals surface area contributed by atoms with Crippen LogP contribution in [-0.4, -0.2) is 86.8 Å². The Kier molecular flexibility index (Phi) is 8.29. The first-order valence-electron chi connectivity index (χ1n) is 12.3. The first kappa shape index (κ1) is 27.2. The number of likely N-dealkylation sites (N-methyl/N-ethyl adjacent to an activating group) is 1. The molecule has 202 valence electrons. The molecule has 4 rings (SSSR count). The summed E-state index contributed by atoms with van der Waals surface area (Å²) in [7, 11) is 2.20. The minimum Gasteiger partial charge on any atom is -0.372 e. The van der Waals surface area contributed by atoms with Crippen molar-refractivity contribution in [1.29, 1.82) is 0 Å². The molecule has 1 aromatic carbocycles. The number of fused-ring (bicyclic) bond motifs is 1. The minimum atomic E-state index is -3.33. The van der Waals surface area contributed by atoms with E-state index in [9.17, 15) is 13.2 Å². The van der Waals surface area contributed by atoms with Crippen LogP contribution in [-0.2, 0) is 16.6 Å². The van der Waals surface area contributed by atoms with Gasteiger partial charge in [0.2, 0.25) is 16.0 Å². The SMILES string of the molecule is CN(C)C(=O)N1CCN(C)c2cc(Nc3ncc(Cl)c(N[C@@H]4CCCC[C@H]4NS(C)(=O)=O)n3)ccc2C1. The lowest BCUT2D eigenvalue weighted by molar-refractivity contribution is 0.171. The van der Waals surface area contributed by atoms with Crippen LogP contribution >= 0.6 is 11.6 Å². The molecule has 0 unspecified atom stereocenters. The molecule has 2 aliphatic rings. The number of benzene rings is 1. The maximum Gasteiger partial charge on any atom is 0.319 e. The van der Waals surface area contributed by atoms with Crippen LogP contribution in [0.15, 0.2) is 24.4 Å². The predicted octanol–water partition coefficient (Wildman–Crippen LogP) is 3.08. The lowest BCUT2D eigenvalue weighted by Gasteiger charge is -2.32. The topological polar surface area (TPSA) is 123 Å². The van der Waals surface area contributed by atoms with Crippen molar-refractivity contribution in [3.05, 3.63) is 35.0 Å². The first-order chi connectivity index (χ1) is 17.5. The van der Waals surface area contributed by atoms with E-state index in [1.54, 1.807) is 19.0 Å². The highest BCUT2D eigenvalue weighted by Gasteiger charge is 2.28. The molecule has 2 aromatic rings. The van der Waals surface area contributed by atoms with Crippen molar-refractivity contribution >= 4 is 50.8 Å². The lowest BCUT2D eigenvalue weighted by Crippen LogP contribution is -2.48. The van der Waals surface area contributed by atoms with E-state index in [1.807, 2.05) is 30.1 Å². The summed E-state index contributed by atoms with van der Waals surface area (Å²) in [5.74, 6) is 0.826. The van der Waals surface area contributed by atoms with Crippen molar-refractivity contribution < 1.29 is 13.2 Å². The van der Waals surface area contributed by atoms with Gasteiger partial charge >= 0.3 is 6.03 Å². The zero-order valence-corrected chi connectivity index (χ0v) is 23.2. The maximum absolute atomic E-state index is 12.5.